The molecular weight excluding hydrogens is 266 g/mol. The monoisotopic (exact) mass is 283 g/mol. The summed E-state index contributed by atoms with van der Waals surface area (Å²) in [5.74, 6) is 0. The van der Waals surface area contributed by atoms with E-state index >= 15 is 0 Å². The Morgan fingerprint density at radius 1 is 1.21 bits per heavy atom. The fourth-order valence-corrected chi connectivity index (χ4v) is 3.11. The highest BCUT2D eigenvalue weighted by atomic mass is 32.2. The van der Waals surface area contributed by atoms with E-state index in [2.05, 4.69) is 14.9 Å². The highest BCUT2D eigenvalue weighted by Gasteiger charge is 2.21. The highest BCUT2D eigenvalue weighted by Crippen LogP contribution is 2.20. The van der Waals surface area contributed by atoms with Crippen molar-refractivity contribution < 1.29 is 8.42 Å². The first-order valence-corrected chi connectivity index (χ1v) is 7.39. The fourth-order valence-electron chi connectivity index (χ4n) is 1.81. The number of hydrogen-bond donors (Lipinski definition) is 1. The molecule has 0 radical (unpaired) electrons. The summed E-state index contributed by atoms with van der Waals surface area (Å²) >= 11 is 0. The smallest absolute Gasteiger partial charge is 0.265 e. The summed E-state index contributed by atoms with van der Waals surface area (Å²) in [6.07, 6.45) is 2.86. The van der Waals surface area contributed by atoms with Crippen molar-refractivity contribution in [3.63, 3.8) is 0 Å². The Hall–Kier alpha value is -1.83. The third-order valence-electron chi connectivity index (χ3n) is 3.13. The second-order valence-corrected chi connectivity index (χ2v) is 5.93. The zero-order valence-electron chi connectivity index (χ0n) is 11.4. The largest absolute Gasteiger partial charge is 0.276 e. The molecule has 0 saturated carbocycles. The predicted molar refractivity (Wildman–Crippen MR) is 71.4 cm³/mol. The molecule has 0 unspecified atom stereocenters. The van der Waals surface area contributed by atoms with Gasteiger partial charge in [0.1, 0.15) is 4.90 Å². The van der Waals surface area contributed by atoms with Gasteiger partial charge in [-0.2, -0.15) is 10.2 Å². The molecule has 2 heterocycles. The Kier molecular flexibility index (Phi) is 3.36. The van der Waals surface area contributed by atoms with E-state index in [1.165, 1.54) is 17.1 Å². The van der Waals surface area contributed by atoms with E-state index < -0.39 is 10.0 Å². The lowest BCUT2D eigenvalue weighted by molar-refractivity contribution is 0.600. The molecule has 0 aromatic carbocycles. The minimum Gasteiger partial charge on any atom is -0.276 e. The van der Waals surface area contributed by atoms with Gasteiger partial charge in [0.2, 0.25) is 0 Å². The first-order valence-electron chi connectivity index (χ1n) is 5.90. The minimum atomic E-state index is -3.63. The molecule has 0 bridgehead atoms. The zero-order valence-corrected chi connectivity index (χ0v) is 12.2. The number of anilines is 1. The van der Waals surface area contributed by atoms with E-state index in [-0.39, 0.29) is 4.90 Å². The highest BCUT2D eigenvalue weighted by molar-refractivity contribution is 7.92. The van der Waals surface area contributed by atoms with Crippen LogP contribution in [-0.4, -0.2) is 28.0 Å². The molecule has 0 amide bonds. The van der Waals surface area contributed by atoms with Crippen LogP contribution in [0.4, 0.5) is 5.69 Å². The van der Waals surface area contributed by atoms with Crippen molar-refractivity contribution in [2.75, 3.05) is 4.72 Å². The molecule has 0 saturated heterocycles. The van der Waals surface area contributed by atoms with Gasteiger partial charge in [0, 0.05) is 13.6 Å². The van der Waals surface area contributed by atoms with Crippen LogP contribution >= 0.6 is 0 Å². The second kappa shape index (κ2) is 4.69. The maximum atomic E-state index is 12.3. The number of aryl methyl sites for hydroxylation is 2. The topological polar surface area (TPSA) is 81.8 Å². The lowest BCUT2D eigenvalue weighted by atomic mass is 10.4. The molecule has 104 valence electrons. The van der Waals surface area contributed by atoms with Crippen molar-refractivity contribution in [3.05, 3.63) is 23.8 Å². The van der Waals surface area contributed by atoms with Gasteiger partial charge in [-0.05, 0) is 20.8 Å². The van der Waals surface area contributed by atoms with Crippen molar-refractivity contribution in [2.45, 2.75) is 32.2 Å². The van der Waals surface area contributed by atoms with Crippen LogP contribution in [0.2, 0.25) is 0 Å². The molecule has 8 heteroatoms. The normalized spacial score (nSPS) is 11.8. The van der Waals surface area contributed by atoms with Crippen LogP contribution in [-0.2, 0) is 23.6 Å². The fraction of sp³-hybridized carbons (Fsp3) is 0.455. The van der Waals surface area contributed by atoms with Gasteiger partial charge >= 0.3 is 0 Å². The molecule has 0 aliphatic rings. The molecule has 19 heavy (non-hydrogen) atoms. The van der Waals surface area contributed by atoms with Gasteiger partial charge in [-0.15, -0.1) is 0 Å². The van der Waals surface area contributed by atoms with Gasteiger partial charge in [-0.25, -0.2) is 8.42 Å². The van der Waals surface area contributed by atoms with Crippen LogP contribution in [0.1, 0.15) is 18.3 Å². The maximum absolute atomic E-state index is 12.3. The molecule has 2 rings (SSSR count). The van der Waals surface area contributed by atoms with E-state index in [9.17, 15) is 8.42 Å². The van der Waals surface area contributed by atoms with Crippen molar-refractivity contribution in [1.29, 1.82) is 0 Å². The van der Waals surface area contributed by atoms with Gasteiger partial charge in [0.15, 0.2) is 0 Å². The van der Waals surface area contributed by atoms with Gasteiger partial charge < -0.3 is 0 Å². The van der Waals surface area contributed by atoms with Crippen molar-refractivity contribution in [3.8, 4) is 0 Å². The maximum Gasteiger partial charge on any atom is 0.265 e. The lowest BCUT2D eigenvalue weighted by Gasteiger charge is -2.07. The quantitative estimate of drug-likeness (QED) is 0.909. The summed E-state index contributed by atoms with van der Waals surface area (Å²) < 4.78 is 30.4. The summed E-state index contributed by atoms with van der Waals surface area (Å²) in [5.41, 5.74) is 1.87. The summed E-state index contributed by atoms with van der Waals surface area (Å²) in [5, 5.41) is 8.05. The lowest BCUT2D eigenvalue weighted by Crippen LogP contribution is -2.14. The van der Waals surface area contributed by atoms with Crippen LogP contribution in [0.3, 0.4) is 0 Å². The number of aromatic nitrogens is 4. The van der Waals surface area contributed by atoms with Gasteiger partial charge in [0.25, 0.3) is 10.0 Å². The molecule has 1 N–H and O–H groups in total. The average Bonchev–Trinajstić information content (AvgIpc) is 2.85. The number of sulfonamides is 1. The van der Waals surface area contributed by atoms with Crippen molar-refractivity contribution in [2.24, 2.45) is 7.05 Å². The Balaban J connectivity index is 2.36. The molecule has 2 aromatic heterocycles. The Morgan fingerprint density at radius 2 is 1.89 bits per heavy atom. The Bertz CT molecular complexity index is 699. The van der Waals surface area contributed by atoms with E-state index in [4.69, 9.17) is 0 Å². The molecule has 0 spiro atoms. The van der Waals surface area contributed by atoms with Gasteiger partial charge in [-0.3, -0.25) is 14.1 Å². The summed E-state index contributed by atoms with van der Waals surface area (Å²) in [4.78, 5) is 0.179. The number of nitrogens with one attached hydrogen (secondary N) is 1. The van der Waals surface area contributed by atoms with E-state index in [0.29, 0.717) is 17.9 Å². The van der Waals surface area contributed by atoms with Gasteiger partial charge in [0.05, 0.1) is 29.5 Å². The SMILES string of the molecule is CCn1ncc(NS(=O)(=O)c2cnn(C)c2C)c1C. The molecule has 7 nitrogen and oxygen atoms in total. The van der Waals surface area contributed by atoms with Crippen molar-refractivity contribution >= 4 is 15.7 Å². The van der Waals surface area contributed by atoms with Crippen molar-refractivity contribution in [1.82, 2.24) is 19.6 Å². The van der Waals surface area contributed by atoms with Crippen LogP contribution in [0, 0.1) is 13.8 Å². The number of nitrogens with zero attached hydrogens (tertiary/aromatic N) is 4. The van der Waals surface area contributed by atoms with Crippen LogP contribution in [0.15, 0.2) is 17.3 Å². The first-order chi connectivity index (χ1) is 8.86. The minimum absolute atomic E-state index is 0.179. The van der Waals surface area contributed by atoms with E-state index in [1.807, 2.05) is 13.8 Å². The number of hydrogen-bond acceptors (Lipinski definition) is 4. The van der Waals surface area contributed by atoms with E-state index in [1.54, 1.807) is 18.7 Å². The zero-order chi connectivity index (χ0) is 14.2. The number of rotatable bonds is 4. The summed E-state index contributed by atoms with van der Waals surface area (Å²) in [6, 6.07) is 0. The summed E-state index contributed by atoms with van der Waals surface area (Å²) in [7, 11) is -1.92. The molecule has 0 fully saturated rings. The molecule has 0 atom stereocenters. The van der Waals surface area contributed by atoms with Crippen LogP contribution < -0.4 is 4.72 Å². The van der Waals surface area contributed by atoms with Crippen LogP contribution in [0.25, 0.3) is 0 Å². The molecule has 0 aliphatic carbocycles. The first kappa shape index (κ1) is 13.6. The second-order valence-electron chi connectivity index (χ2n) is 4.28. The predicted octanol–water partition coefficient (Wildman–Crippen LogP) is 1.05. The average molecular weight is 283 g/mol. The Morgan fingerprint density at radius 3 is 2.37 bits per heavy atom. The third kappa shape index (κ3) is 2.35. The Labute approximate surface area is 112 Å². The standard InChI is InChI=1S/C11H17N5O2S/c1-5-16-8(2)10(6-13-16)14-19(17,18)11-7-12-15(4)9(11)3/h6-7,14H,5H2,1-4H3. The molecule has 0 aliphatic heterocycles. The third-order valence-corrected chi connectivity index (χ3v) is 4.60. The molecular formula is C11H17N5O2S. The summed E-state index contributed by atoms with van der Waals surface area (Å²) in [6.45, 7) is 6.18. The molecule has 2 aromatic rings. The van der Waals surface area contributed by atoms with Crippen LogP contribution in [0.5, 0.6) is 0 Å². The van der Waals surface area contributed by atoms with E-state index in [0.717, 1.165) is 5.69 Å². The van der Waals surface area contributed by atoms with Gasteiger partial charge in [-0.1, -0.05) is 0 Å².